The normalized spacial score (nSPS) is 28.6. The molecule has 20 heavy (non-hydrogen) atoms. The van der Waals surface area contributed by atoms with Gasteiger partial charge in [0, 0.05) is 0 Å². The van der Waals surface area contributed by atoms with Gasteiger partial charge >= 0.3 is 0 Å². The van der Waals surface area contributed by atoms with Gasteiger partial charge in [0.2, 0.25) is 0 Å². The van der Waals surface area contributed by atoms with Gasteiger partial charge in [-0.05, 0) is 63.2 Å². The predicted octanol–water partition coefficient (Wildman–Crippen LogP) is 3.79. The molecule has 1 aromatic rings. The number of likely N-dealkylation sites (N-methyl/N-ethyl adjacent to an activating group) is 1. The number of aliphatic hydroxyl groups is 1. The highest BCUT2D eigenvalue weighted by Crippen LogP contribution is 2.43. The van der Waals surface area contributed by atoms with E-state index in [9.17, 15) is 5.11 Å². The molecule has 112 valence electrons. The Morgan fingerprint density at radius 2 is 1.75 bits per heavy atom. The van der Waals surface area contributed by atoms with Gasteiger partial charge in [-0.15, -0.1) is 0 Å². The van der Waals surface area contributed by atoms with Crippen LogP contribution in [0.2, 0.25) is 0 Å². The average Bonchev–Trinajstić information content (AvgIpc) is 2.47. The molecule has 1 atom stereocenters. The highest BCUT2D eigenvalue weighted by Gasteiger charge is 2.42. The lowest BCUT2D eigenvalue weighted by molar-refractivity contribution is -0.0408. The molecule has 0 aliphatic heterocycles. The minimum absolute atomic E-state index is 0.0970. The Hall–Kier alpha value is -0.860. The molecular weight excluding hydrogens is 246 g/mol. The van der Waals surface area contributed by atoms with Crippen LogP contribution in [0.1, 0.15) is 56.8 Å². The lowest BCUT2D eigenvalue weighted by atomic mass is 9.71. The summed E-state index contributed by atoms with van der Waals surface area (Å²) >= 11 is 0. The second-order valence-corrected chi connectivity index (χ2v) is 6.68. The van der Waals surface area contributed by atoms with E-state index in [1.165, 1.54) is 18.4 Å². The first-order valence-corrected chi connectivity index (χ1v) is 7.94. The topological polar surface area (TPSA) is 23.5 Å². The van der Waals surface area contributed by atoms with Crippen LogP contribution in [-0.4, -0.2) is 29.6 Å². The standard InChI is InChI=1S/C18H29NO/c1-5-15-6-8-16(9-7-15)17(20)18(19(3)4)12-10-14(2)11-13-18/h6-9,14,17,20H,5,10-13H2,1-4H3. The monoisotopic (exact) mass is 275 g/mol. The molecule has 1 saturated carbocycles. The Morgan fingerprint density at radius 1 is 1.20 bits per heavy atom. The Balaban J connectivity index is 2.24. The molecule has 2 rings (SSSR count). The van der Waals surface area contributed by atoms with Gasteiger partial charge in [0.05, 0.1) is 11.6 Å². The minimum Gasteiger partial charge on any atom is -0.386 e. The zero-order valence-electron chi connectivity index (χ0n) is 13.4. The van der Waals surface area contributed by atoms with Crippen molar-refractivity contribution in [3.8, 4) is 0 Å². The Bertz CT molecular complexity index is 416. The molecule has 1 aromatic carbocycles. The van der Waals surface area contributed by atoms with Crippen molar-refractivity contribution in [3.05, 3.63) is 35.4 Å². The van der Waals surface area contributed by atoms with Crippen molar-refractivity contribution in [1.29, 1.82) is 0 Å². The molecule has 0 spiro atoms. The number of nitrogens with zero attached hydrogens (tertiary/aromatic N) is 1. The van der Waals surface area contributed by atoms with Gasteiger partial charge < -0.3 is 10.0 Å². The number of rotatable bonds is 4. The zero-order valence-corrected chi connectivity index (χ0v) is 13.4. The van der Waals surface area contributed by atoms with E-state index in [4.69, 9.17) is 0 Å². The van der Waals surface area contributed by atoms with Gasteiger partial charge in [-0.3, -0.25) is 0 Å². The van der Waals surface area contributed by atoms with Crippen molar-refractivity contribution in [2.75, 3.05) is 14.1 Å². The molecule has 1 aliphatic rings. The van der Waals surface area contributed by atoms with Crippen LogP contribution in [0.3, 0.4) is 0 Å². The third kappa shape index (κ3) is 2.91. The van der Waals surface area contributed by atoms with Gasteiger partial charge in [0.25, 0.3) is 0 Å². The first kappa shape index (κ1) is 15.5. The summed E-state index contributed by atoms with van der Waals surface area (Å²) in [4.78, 5) is 2.25. The van der Waals surface area contributed by atoms with Crippen molar-refractivity contribution in [3.63, 3.8) is 0 Å². The molecule has 0 radical (unpaired) electrons. The smallest absolute Gasteiger partial charge is 0.0973 e. The molecule has 0 saturated heterocycles. The van der Waals surface area contributed by atoms with Gasteiger partial charge in [0.15, 0.2) is 0 Å². The molecule has 0 aromatic heterocycles. The van der Waals surface area contributed by atoms with Gasteiger partial charge in [-0.2, -0.15) is 0 Å². The fourth-order valence-corrected chi connectivity index (χ4v) is 3.47. The lowest BCUT2D eigenvalue weighted by Crippen LogP contribution is -2.51. The summed E-state index contributed by atoms with van der Waals surface area (Å²) in [5.41, 5.74) is 2.29. The molecule has 0 bridgehead atoms. The maximum atomic E-state index is 11.0. The van der Waals surface area contributed by atoms with E-state index in [-0.39, 0.29) is 5.54 Å². The van der Waals surface area contributed by atoms with Crippen LogP contribution in [-0.2, 0) is 6.42 Å². The van der Waals surface area contributed by atoms with Crippen LogP contribution in [0.15, 0.2) is 24.3 Å². The highest BCUT2D eigenvalue weighted by atomic mass is 16.3. The van der Waals surface area contributed by atoms with Crippen molar-refractivity contribution >= 4 is 0 Å². The van der Waals surface area contributed by atoms with E-state index >= 15 is 0 Å². The third-order valence-corrected chi connectivity index (χ3v) is 5.24. The predicted molar refractivity (Wildman–Crippen MR) is 84.8 cm³/mol. The molecule has 2 nitrogen and oxygen atoms in total. The molecular formula is C18H29NO. The van der Waals surface area contributed by atoms with Gasteiger partial charge in [-0.25, -0.2) is 0 Å². The van der Waals surface area contributed by atoms with Crippen LogP contribution in [0.4, 0.5) is 0 Å². The average molecular weight is 275 g/mol. The van der Waals surface area contributed by atoms with Crippen LogP contribution in [0.25, 0.3) is 0 Å². The van der Waals surface area contributed by atoms with E-state index in [0.29, 0.717) is 0 Å². The van der Waals surface area contributed by atoms with Crippen molar-refractivity contribution in [2.24, 2.45) is 5.92 Å². The second kappa shape index (κ2) is 6.28. The largest absolute Gasteiger partial charge is 0.386 e. The molecule has 1 aliphatic carbocycles. The minimum atomic E-state index is -0.393. The maximum absolute atomic E-state index is 11.0. The number of aliphatic hydroxyl groups excluding tert-OH is 1. The fourth-order valence-electron chi connectivity index (χ4n) is 3.47. The Kier molecular flexibility index (Phi) is 4.87. The Labute approximate surface area is 123 Å². The van der Waals surface area contributed by atoms with Gasteiger partial charge in [0.1, 0.15) is 0 Å². The highest BCUT2D eigenvalue weighted by molar-refractivity contribution is 5.27. The molecule has 1 unspecified atom stereocenters. The fraction of sp³-hybridized carbons (Fsp3) is 0.667. The summed E-state index contributed by atoms with van der Waals surface area (Å²) < 4.78 is 0. The summed E-state index contributed by atoms with van der Waals surface area (Å²) in [6.45, 7) is 4.48. The van der Waals surface area contributed by atoms with E-state index in [0.717, 1.165) is 30.7 Å². The second-order valence-electron chi connectivity index (χ2n) is 6.68. The molecule has 1 N–H and O–H groups in total. The van der Waals surface area contributed by atoms with E-state index in [1.807, 2.05) is 0 Å². The SMILES string of the molecule is CCc1ccc(C(O)C2(N(C)C)CCC(C)CC2)cc1. The summed E-state index contributed by atoms with van der Waals surface area (Å²) in [5.74, 6) is 0.790. The first-order valence-electron chi connectivity index (χ1n) is 7.94. The molecule has 1 fully saturated rings. The van der Waals surface area contributed by atoms with Crippen molar-refractivity contribution < 1.29 is 5.11 Å². The van der Waals surface area contributed by atoms with Crippen molar-refractivity contribution in [1.82, 2.24) is 4.90 Å². The number of aryl methyl sites for hydroxylation is 1. The van der Waals surface area contributed by atoms with Crippen LogP contribution in [0, 0.1) is 5.92 Å². The van der Waals surface area contributed by atoms with Crippen molar-refractivity contribution in [2.45, 2.75) is 57.6 Å². The van der Waals surface area contributed by atoms with Crippen LogP contribution >= 0.6 is 0 Å². The summed E-state index contributed by atoms with van der Waals surface area (Å²) in [6.07, 6.45) is 5.24. The summed E-state index contributed by atoms with van der Waals surface area (Å²) in [6, 6.07) is 8.50. The molecule has 0 amide bonds. The van der Waals surface area contributed by atoms with Crippen LogP contribution in [0.5, 0.6) is 0 Å². The Morgan fingerprint density at radius 3 is 2.20 bits per heavy atom. The molecule has 0 heterocycles. The molecule has 2 heteroatoms. The van der Waals surface area contributed by atoms with E-state index in [2.05, 4.69) is 57.1 Å². The summed E-state index contributed by atoms with van der Waals surface area (Å²) in [5, 5.41) is 11.0. The van der Waals surface area contributed by atoms with E-state index < -0.39 is 6.10 Å². The van der Waals surface area contributed by atoms with Crippen LogP contribution < -0.4 is 0 Å². The number of hydrogen-bond acceptors (Lipinski definition) is 2. The first-order chi connectivity index (χ1) is 9.49. The van der Waals surface area contributed by atoms with E-state index in [1.54, 1.807) is 0 Å². The third-order valence-electron chi connectivity index (χ3n) is 5.24. The number of hydrogen-bond donors (Lipinski definition) is 1. The quantitative estimate of drug-likeness (QED) is 0.903. The van der Waals surface area contributed by atoms with Gasteiger partial charge in [-0.1, -0.05) is 38.1 Å². The lowest BCUT2D eigenvalue weighted by Gasteiger charge is -2.47. The number of benzene rings is 1. The maximum Gasteiger partial charge on any atom is 0.0973 e. The zero-order chi connectivity index (χ0) is 14.8. The summed E-state index contributed by atoms with van der Waals surface area (Å²) in [7, 11) is 4.22.